The van der Waals surface area contributed by atoms with Gasteiger partial charge in [-0.2, -0.15) is 0 Å². The van der Waals surface area contributed by atoms with Crippen LogP contribution in [0.15, 0.2) is 54.6 Å². The minimum absolute atomic E-state index is 0.199. The number of carboxylic acid groups (broad SMARTS) is 1. The van der Waals surface area contributed by atoms with Gasteiger partial charge >= 0.3 is 5.97 Å². The Morgan fingerprint density at radius 3 is 2.57 bits per heavy atom. The van der Waals surface area contributed by atoms with Gasteiger partial charge in [0, 0.05) is 5.02 Å². The summed E-state index contributed by atoms with van der Waals surface area (Å²) in [4.78, 5) is 11.2. The van der Waals surface area contributed by atoms with Crippen molar-refractivity contribution in [3.8, 4) is 11.1 Å². The molecule has 21 heavy (non-hydrogen) atoms. The first-order valence-corrected chi connectivity index (χ1v) is 6.96. The van der Waals surface area contributed by atoms with E-state index in [9.17, 15) is 9.90 Å². The van der Waals surface area contributed by atoms with Crippen LogP contribution in [-0.2, 0) is 0 Å². The topological polar surface area (TPSA) is 37.3 Å². The van der Waals surface area contributed by atoms with E-state index in [4.69, 9.17) is 11.6 Å². The Labute approximate surface area is 127 Å². The predicted octanol–water partition coefficient (Wildman–Crippen LogP) is 5.17. The van der Waals surface area contributed by atoms with Crippen LogP contribution in [0.5, 0.6) is 0 Å². The van der Waals surface area contributed by atoms with Crippen LogP contribution in [0.3, 0.4) is 0 Å². The Hall–Kier alpha value is -2.32. The van der Waals surface area contributed by atoms with Crippen molar-refractivity contribution in [1.29, 1.82) is 0 Å². The maximum atomic E-state index is 11.2. The van der Waals surface area contributed by atoms with E-state index in [0.717, 1.165) is 27.5 Å². The maximum Gasteiger partial charge on any atom is 0.335 e. The quantitative estimate of drug-likeness (QED) is 0.708. The number of aromatic carboxylic acids is 1. The van der Waals surface area contributed by atoms with E-state index in [2.05, 4.69) is 6.07 Å². The molecule has 0 radical (unpaired) electrons. The van der Waals surface area contributed by atoms with E-state index in [-0.39, 0.29) is 5.56 Å². The third kappa shape index (κ3) is 2.50. The molecule has 3 heteroatoms. The molecule has 1 N–H and O–H groups in total. The summed E-state index contributed by atoms with van der Waals surface area (Å²) >= 11 is 6.08. The highest BCUT2D eigenvalue weighted by molar-refractivity contribution is 6.31. The van der Waals surface area contributed by atoms with E-state index in [1.807, 2.05) is 43.3 Å². The molecule has 104 valence electrons. The zero-order chi connectivity index (χ0) is 15.0. The van der Waals surface area contributed by atoms with E-state index in [0.29, 0.717) is 5.02 Å². The van der Waals surface area contributed by atoms with Gasteiger partial charge in [-0.25, -0.2) is 4.79 Å². The van der Waals surface area contributed by atoms with Crippen LogP contribution < -0.4 is 0 Å². The summed E-state index contributed by atoms with van der Waals surface area (Å²) in [5.74, 6) is -0.975. The van der Waals surface area contributed by atoms with E-state index >= 15 is 0 Å². The Kier molecular flexibility index (Phi) is 3.40. The zero-order valence-electron chi connectivity index (χ0n) is 11.4. The Morgan fingerprint density at radius 2 is 1.81 bits per heavy atom. The van der Waals surface area contributed by atoms with Crippen molar-refractivity contribution >= 4 is 28.3 Å². The van der Waals surface area contributed by atoms with E-state index < -0.39 is 5.97 Å². The van der Waals surface area contributed by atoms with Crippen molar-refractivity contribution in [3.63, 3.8) is 0 Å². The number of benzene rings is 3. The van der Waals surface area contributed by atoms with Gasteiger partial charge in [0.15, 0.2) is 0 Å². The predicted molar refractivity (Wildman–Crippen MR) is 86.1 cm³/mol. The largest absolute Gasteiger partial charge is 0.478 e. The lowest BCUT2D eigenvalue weighted by Gasteiger charge is -2.12. The van der Waals surface area contributed by atoms with Crippen LogP contribution in [0, 0.1) is 6.92 Å². The third-order valence-corrected chi connectivity index (χ3v) is 3.79. The minimum atomic E-state index is -0.975. The second kappa shape index (κ2) is 5.23. The Balaban J connectivity index is 2.35. The van der Waals surface area contributed by atoms with Crippen molar-refractivity contribution in [2.75, 3.05) is 0 Å². The lowest BCUT2D eigenvalue weighted by Crippen LogP contribution is -1.97. The molecule has 0 atom stereocenters. The van der Waals surface area contributed by atoms with Gasteiger partial charge in [-0.3, -0.25) is 0 Å². The zero-order valence-corrected chi connectivity index (χ0v) is 12.2. The average Bonchev–Trinajstić information content (AvgIpc) is 2.46. The number of hydrogen-bond donors (Lipinski definition) is 1. The third-order valence-electron chi connectivity index (χ3n) is 3.57. The first-order valence-electron chi connectivity index (χ1n) is 6.59. The molecule has 0 saturated carbocycles. The molecule has 0 bridgehead atoms. The van der Waals surface area contributed by atoms with Crippen molar-refractivity contribution in [1.82, 2.24) is 0 Å². The van der Waals surface area contributed by atoms with Crippen molar-refractivity contribution in [2.45, 2.75) is 6.92 Å². The molecule has 0 aliphatic rings. The number of halogens is 1. The summed E-state index contributed by atoms with van der Waals surface area (Å²) < 4.78 is 0. The highest BCUT2D eigenvalue weighted by Gasteiger charge is 2.11. The van der Waals surface area contributed by atoms with Crippen LogP contribution in [0.1, 0.15) is 15.9 Å². The molecule has 0 aromatic heterocycles. The second-order valence-corrected chi connectivity index (χ2v) is 5.45. The van der Waals surface area contributed by atoms with Crippen molar-refractivity contribution in [3.05, 3.63) is 70.7 Å². The number of rotatable bonds is 2. The molecular weight excluding hydrogens is 284 g/mol. The molecule has 0 fully saturated rings. The second-order valence-electron chi connectivity index (χ2n) is 5.01. The summed E-state index contributed by atoms with van der Waals surface area (Å²) in [6, 6.07) is 17.1. The van der Waals surface area contributed by atoms with Crippen LogP contribution in [0.2, 0.25) is 5.02 Å². The summed E-state index contributed by atoms with van der Waals surface area (Å²) in [5.41, 5.74) is 3.14. The molecule has 0 aliphatic carbocycles. The highest BCUT2D eigenvalue weighted by Crippen LogP contribution is 2.34. The SMILES string of the molecule is Cc1ccc2ccccc2c1-c1cc(Cl)cc(C(=O)O)c1. The number of carboxylic acids is 1. The van der Waals surface area contributed by atoms with Crippen LogP contribution >= 0.6 is 11.6 Å². The number of hydrogen-bond acceptors (Lipinski definition) is 1. The van der Waals surface area contributed by atoms with Gasteiger partial charge in [-0.15, -0.1) is 0 Å². The van der Waals surface area contributed by atoms with E-state index in [1.54, 1.807) is 6.07 Å². The molecule has 0 aliphatic heterocycles. The molecule has 3 rings (SSSR count). The summed E-state index contributed by atoms with van der Waals surface area (Å²) in [7, 11) is 0. The van der Waals surface area contributed by atoms with Gasteiger partial charge in [-0.05, 0) is 52.6 Å². The van der Waals surface area contributed by atoms with Gasteiger partial charge in [0.1, 0.15) is 0 Å². The van der Waals surface area contributed by atoms with Gasteiger partial charge in [0.2, 0.25) is 0 Å². The Morgan fingerprint density at radius 1 is 1.05 bits per heavy atom. The van der Waals surface area contributed by atoms with Crippen molar-refractivity contribution in [2.24, 2.45) is 0 Å². The first-order chi connectivity index (χ1) is 10.1. The van der Waals surface area contributed by atoms with Gasteiger partial charge in [0.25, 0.3) is 0 Å². The number of aryl methyl sites for hydroxylation is 1. The molecule has 0 amide bonds. The number of carbonyl (C=O) groups is 1. The van der Waals surface area contributed by atoms with Crippen molar-refractivity contribution < 1.29 is 9.90 Å². The summed E-state index contributed by atoms with van der Waals surface area (Å²) in [6.45, 7) is 2.02. The summed E-state index contributed by atoms with van der Waals surface area (Å²) in [6.07, 6.45) is 0. The standard InChI is InChI=1S/C18H13ClO2/c1-11-6-7-12-4-2-3-5-16(12)17(11)13-8-14(18(20)21)10-15(19)9-13/h2-10H,1H3,(H,20,21). The van der Waals surface area contributed by atoms with E-state index in [1.165, 1.54) is 6.07 Å². The fraction of sp³-hybridized carbons (Fsp3) is 0.0556. The molecule has 0 unspecified atom stereocenters. The normalized spacial score (nSPS) is 10.8. The van der Waals surface area contributed by atoms with Gasteiger partial charge in [0.05, 0.1) is 5.56 Å². The van der Waals surface area contributed by atoms with Crippen LogP contribution in [-0.4, -0.2) is 11.1 Å². The number of fused-ring (bicyclic) bond motifs is 1. The molecule has 0 spiro atoms. The van der Waals surface area contributed by atoms with Crippen LogP contribution in [0.25, 0.3) is 21.9 Å². The lowest BCUT2D eigenvalue weighted by molar-refractivity contribution is 0.0697. The minimum Gasteiger partial charge on any atom is -0.478 e. The molecule has 0 heterocycles. The molecule has 3 aromatic carbocycles. The molecule has 0 saturated heterocycles. The fourth-order valence-corrected chi connectivity index (χ4v) is 2.86. The lowest BCUT2D eigenvalue weighted by atomic mass is 9.93. The molecule has 2 nitrogen and oxygen atoms in total. The smallest absolute Gasteiger partial charge is 0.335 e. The van der Waals surface area contributed by atoms with Gasteiger partial charge in [-0.1, -0.05) is 48.0 Å². The maximum absolute atomic E-state index is 11.2. The summed E-state index contributed by atoms with van der Waals surface area (Å²) in [5, 5.41) is 11.8. The van der Waals surface area contributed by atoms with Crippen LogP contribution in [0.4, 0.5) is 0 Å². The molecule has 3 aromatic rings. The molecular formula is C18H13ClO2. The Bertz CT molecular complexity index is 853. The highest BCUT2D eigenvalue weighted by atomic mass is 35.5. The monoisotopic (exact) mass is 296 g/mol. The average molecular weight is 297 g/mol. The van der Waals surface area contributed by atoms with Gasteiger partial charge < -0.3 is 5.11 Å². The fourth-order valence-electron chi connectivity index (χ4n) is 2.62. The first kappa shape index (κ1) is 13.7.